The molecule has 0 radical (unpaired) electrons. The highest BCUT2D eigenvalue weighted by atomic mass is 32.2. The van der Waals surface area contributed by atoms with Crippen LogP contribution in [0.4, 0.5) is 0 Å². The molecule has 2 heterocycles. The second-order valence-electron chi connectivity index (χ2n) is 8.53. The van der Waals surface area contributed by atoms with E-state index in [1.807, 2.05) is 61.2 Å². The second kappa shape index (κ2) is 8.73. The number of carbonyl (C=O) groups excluding carboxylic acids is 1. The van der Waals surface area contributed by atoms with Crippen molar-refractivity contribution in [1.82, 2.24) is 9.21 Å². The largest absolute Gasteiger partial charge is 0.381 e. The molecule has 7 heteroatoms. The topological polar surface area (TPSA) is 66.9 Å². The molecule has 2 aliphatic heterocycles. The van der Waals surface area contributed by atoms with Crippen LogP contribution in [0.5, 0.6) is 0 Å². The van der Waals surface area contributed by atoms with E-state index in [2.05, 4.69) is 0 Å². The van der Waals surface area contributed by atoms with E-state index in [9.17, 15) is 13.2 Å². The van der Waals surface area contributed by atoms with E-state index in [1.165, 1.54) is 4.31 Å². The highest BCUT2D eigenvalue weighted by Crippen LogP contribution is 2.37. The number of hydrogen-bond donors (Lipinski definition) is 0. The molecule has 2 fully saturated rings. The summed E-state index contributed by atoms with van der Waals surface area (Å²) in [5.41, 5.74) is 2.10. The standard InChI is InChI=1S/C24H30N2O4S/c1-19-8-9-20(2)22(18-19)31(28,29)26-14-12-25(13-15-26)23(27)24(10-16-30-17-11-24)21-6-4-3-5-7-21/h3-9,18H,10-17H2,1-2H3. The van der Waals surface area contributed by atoms with Crippen LogP contribution in [0.25, 0.3) is 0 Å². The fraction of sp³-hybridized carbons (Fsp3) is 0.458. The maximum Gasteiger partial charge on any atom is 0.243 e. The van der Waals surface area contributed by atoms with Crippen LogP contribution in [0, 0.1) is 13.8 Å². The minimum Gasteiger partial charge on any atom is -0.381 e. The number of ether oxygens (including phenoxy) is 1. The molecule has 2 aromatic rings. The van der Waals surface area contributed by atoms with E-state index in [0.717, 1.165) is 16.7 Å². The van der Waals surface area contributed by atoms with E-state index in [-0.39, 0.29) is 5.91 Å². The third-order valence-corrected chi connectivity index (χ3v) is 8.61. The molecule has 31 heavy (non-hydrogen) atoms. The van der Waals surface area contributed by atoms with E-state index in [0.29, 0.717) is 57.1 Å². The zero-order valence-corrected chi connectivity index (χ0v) is 19.0. The molecule has 0 spiro atoms. The average Bonchev–Trinajstić information content (AvgIpc) is 2.81. The Morgan fingerprint density at radius 1 is 0.935 bits per heavy atom. The number of amides is 1. The number of benzene rings is 2. The zero-order chi connectivity index (χ0) is 22.1. The number of rotatable bonds is 4. The van der Waals surface area contributed by atoms with Gasteiger partial charge in [-0.05, 0) is 49.4 Å². The second-order valence-corrected chi connectivity index (χ2v) is 10.4. The predicted molar refractivity (Wildman–Crippen MR) is 119 cm³/mol. The minimum absolute atomic E-state index is 0.0887. The minimum atomic E-state index is -3.58. The molecule has 0 aromatic heterocycles. The molecule has 166 valence electrons. The lowest BCUT2D eigenvalue weighted by Gasteiger charge is -2.42. The number of piperazine rings is 1. The van der Waals surface area contributed by atoms with Gasteiger partial charge in [-0.2, -0.15) is 4.31 Å². The van der Waals surface area contributed by atoms with Crippen LogP contribution in [0.3, 0.4) is 0 Å². The first-order chi connectivity index (χ1) is 14.8. The Morgan fingerprint density at radius 2 is 1.58 bits per heavy atom. The van der Waals surface area contributed by atoms with Crippen LogP contribution in [-0.4, -0.2) is 62.9 Å². The maximum atomic E-state index is 13.7. The van der Waals surface area contributed by atoms with Crippen LogP contribution < -0.4 is 0 Å². The Hall–Kier alpha value is -2.22. The zero-order valence-electron chi connectivity index (χ0n) is 18.2. The lowest BCUT2D eigenvalue weighted by atomic mass is 9.73. The van der Waals surface area contributed by atoms with Crippen molar-refractivity contribution in [2.75, 3.05) is 39.4 Å². The molecule has 2 aromatic carbocycles. The van der Waals surface area contributed by atoms with Gasteiger partial charge in [0.15, 0.2) is 0 Å². The first kappa shape index (κ1) is 22.0. The molecule has 6 nitrogen and oxygen atoms in total. The van der Waals surface area contributed by atoms with Crippen molar-refractivity contribution in [2.24, 2.45) is 0 Å². The average molecular weight is 443 g/mol. The normalized spacial score (nSPS) is 19.9. The Morgan fingerprint density at radius 3 is 2.23 bits per heavy atom. The highest BCUT2D eigenvalue weighted by molar-refractivity contribution is 7.89. The van der Waals surface area contributed by atoms with Crippen LogP contribution in [0.2, 0.25) is 0 Å². The van der Waals surface area contributed by atoms with E-state index in [1.54, 1.807) is 6.07 Å². The Balaban J connectivity index is 1.52. The van der Waals surface area contributed by atoms with Crippen molar-refractivity contribution in [3.05, 3.63) is 65.2 Å². The molecule has 0 bridgehead atoms. The third kappa shape index (κ3) is 4.14. The highest BCUT2D eigenvalue weighted by Gasteiger charge is 2.45. The predicted octanol–water partition coefficient (Wildman–Crippen LogP) is 2.88. The number of carbonyl (C=O) groups is 1. The number of sulfonamides is 1. The summed E-state index contributed by atoms with van der Waals surface area (Å²) in [6.45, 7) is 6.25. The molecule has 0 saturated carbocycles. The van der Waals surface area contributed by atoms with E-state index < -0.39 is 15.4 Å². The van der Waals surface area contributed by atoms with Crippen molar-refractivity contribution in [3.8, 4) is 0 Å². The Kier molecular flexibility index (Phi) is 6.19. The van der Waals surface area contributed by atoms with Gasteiger partial charge < -0.3 is 9.64 Å². The van der Waals surface area contributed by atoms with Crippen LogP contribution >= 0.6 is 0 Å². The van der Waals surface area contributed by atoms with Gasteiger partial charge in [0.05, 0.1) is 10.3 Å². The molecular formula is C24H30N2O4S. The molecule has 2 saturated heterocycles. The molecule has 0 N–H and O–H groups in total. The van der Waals surface area contributed by atoms with Gasteiger partial charge in [0.25, 0.3) is 0 Å². The summed E-state index contributed by atoms with van der Waals surface area (Å²) >= 11 is 0. The van der Waals surface area contributed by atoms with Crippen molar-refractivity contribution in [1.29, 1.82) is 0 Å². The maximum absolute atomic E-state index is 13.7. The summed E-state index contributed by atoms with van der Waals surface area (Å²) in [5.74, 6) is 0.0887. The van der Waals surface area contributed by atoms with Gasteiger partial charge in [0, 0.05) is 39.4 Å². The van der Waals surface area contributed by atoms with Crippen molar-refractivity contribution in [3.63, 3.8) is 0 Å². The summed E-state index contributed by atoms with van der Waals surface area (Å²) in [6.07, 6.45) is 1.30. The monoisotopic (exact) mass is 442 g/mol. The Bertz CT molecular complexity index is 1040. The van der Waals surface area contributed by atoms with Gasteiger partial charge in [0.2, 0.25) is 15.9 Å². The molecule has 2 aliphatic rings. The van der Waals surface area contributed by atoms with E-state index in [4.69, 9.17) is 4.74 Å². The fourth-order valence-electron chi connectivity index (χ4n) is 4.66. The summed E-state index contributed by atoms with van der Waals surface area (Å²) in [7, 11) is -3.58. The number of hydrogen-bond acceptors (Lipinski definition) is 4. The molecule has 0 aliphatic carbocycles. The Labute approximate surface area is 184 Å². The molecule has 1 amide bonds. The summed E-state index contributed by atoms with van der Waals surface area (Å²) < 4.78 is 33.5. The summed E-state index contributed by atoms with van der Waals surface area (Å²) in [6, 6.07) is 15.4. The van der Waals surface area contributed by atoms with E-state index >= 15 is 0 Å². The first-order valence-electron chi connectivity index (χ1n) is 10.8. The van der Waals surface area contributed by atoms with Crippen LogP contribution in [0.1, 0.15) is 29.5 Å². The lowest BCUT2D eigenvalue weighted by Crippen LogP contribution is -2.56. The number of aryl methyl sites for hydroxylation is 2. The van der Waals surface area contributed by atoms with Crippen LogP contribution in [0.15, 0.2) is 53.4 Å². The molecule has 0 atom stereocenters. The smallest absolute Gasteiger partial charge is 0.243 e. The molecule has 4 rings (SSSR count). The van der Waals surface area contributed by atoms with Crippen molar-refractivity contribution in [2.45, 2.75) is 37.0 Å². The summed E-state index contributed by atoms with van der Waals surface area (Å²) in [5, 5.41) is 0. The van der Waals surface area contributed by atoms with Gasteiger partial charge in [-0.1, -0.05) is 42.5 Å². The summed E-state index contributed by atoms with van der Waals surface area (Å²) in [4.78, 5) is 15.9. The van der Waals surface area contributed by atoms with Crippen molar-refractivity contribution < 1.29 is 17.9 Å². The quantitative estimate of drug-likeness (QED) is 0.730. The molecular weight excluding hydrogens is 412 g/mol. The van der Waals surface area contributed by atoms with Crippen molar-refractivity contribution >= 4 is 15.9 Å². The van der Waals surface area contributed by atoms with Gasteiger partial charge in [-0.3, -0.25) is 4.79 Å². The molecule has 0 unspecified atom stereocenters. The lowest BCUT2D eigenvalue weighted by molar-refractivity contribution is -0.142. The van der Waals surface area contributed by atoms with Gasteiger partial charge in [-0.25, -0.2) is 8.42 Å². The van der Waals surface area contributed by atoms with Gasteiger partial charge in [0.1, 0.15) is 0 Å². The third-order valence-electron chi connectivity index (χ3n) is 6.57. The fourth-order valence-corrected chi connectivity index (χ4v) is 6.39. The van der Waals surface area contributed by atoms with Gasteiger partial charge in [-0.15, -0.1) is 0 Å². The van der Waals surface area contributed by atoms with Crippen LogP contribution in [-0.2, 0) is 25.0 Å². The SMILES string of the molecule is Cc1ccc(C)c(S(=O)(=O)N2CCN(C(=O)C3(c4ccccc4)CCOCC3)CC2)c1. The first-order valence-corrected chi connectivity index (χ1v) is 12.3. The number of nitrogens with zero attached hydrogens (tertiary/aromatic N) is 2. The van der Waals surface area contributed by atoms with Gasteiger partial charge >= 0.3 is 0 Å².